The van der Waals surface area contributed by atoms with E-state index in [4.69, 9.17) is 27.9 Å². The van der Waals surface area contributed by atoms with Gasteiger partial charge in [-0.3, -0.25) is 4.57 Å². The molecule has 9 heteroatoms. The van der Waals surface area contributed by atoms with E-state index in [9.17, 15) is 4.79 Å². The number of aromatic nitrogens is 4. The van der Waals surface area contributed by atoms with Crippen molar-refractivity contribution >= 4 is 42.2 Å². The Morgan fingerprint density at radius 2 is 2.00 bits per heavy atom. The van der Waals surface area contributed by atoms with Gasteiger partial charge in [0.1, 0.15) is 11.9 Å². The number of hydrogen-bond acceptors (Lipinski definition) is 4. The molecule has 2 heterocycles. The van der Waals surface area contributed by atoms with Crippen LogP contribution in [0.2, 0.25) is 35.9 Å². The van der Waals surface area contributed by atoms with Gasteiger partial charge in [-0.2, -0.15) is 4.98 Å². The summed E-state index contributed by atoms with van der Waals surface area (Å²) >= 11 is 12.2. The van der Waals surface area contributed by atoms with E-state index in [0.717, 1.165) is 18.3 Å². The number of halogens is 2. The van der Waals surface area contributed by atoms with Crippen LogP contribution in [0.15, 0.2) is 35.5 Å². The van der Waals surface area contributed by atoms with Gasteiger partial charge < -0.3 is 9.30 Å². The Labute approximate surface area is 168 Å². The zero-order valence-electron chi connectivity index (χ0n) is 15.6. The van der Waals surface area contributed by atoms with Crippen molar-refractivity contribution in [3.63, 3.8) is 0 Å². The number of rotatable bonds is 7. The van der Waals surface area contributed by atoms with Crippen LogP contribution in [0, 0.1) is 0 Å². The van der Waals surface area contributed by atoms with Crippen LogP contribution in [-0.4, -0.2) is 33.8 Å². The molecule has 0 aliphatic heterocycles. The molecule has 0 N–H and O–H groups in total. The normalized spacial score (nSPS) is 12.0. The zero-order valence-corrected chi connectivity index (χ0v) is 18.1. The monoisotopic (exact) mass is 424 g/mol. The van der Waals surface area contributed by atoms with E-state index in [-0.39, 0.29) is 11.7 Å². The molecule has 0 spiro atoms. The third-order valence-electron chi connectivity index (χ3n) is 4.14. The van der Waals surface area contributed by atoms with Gasteiger partial charge in [0, 0.05) is 31.3 Å². The molecule has 0 unspecified atom stereocenters. The lowest BCUT2D eigenvalue weighted by atomic mass is 10.2. The third kappa shape index (κ3) is 5.19. The molecular formula is C18H22Cl2N4O2Si. The van der Waals surface area contributed by atoms with Crippen LogP contribution in [0.25, 0.3) is 10.9 Å². The van der Waals surface area contributed by atoms with Crippen LogP contribution in [0.4, 0.5) is 0 Å². The van der Waals surface area contributed by atoms with E-state index in [1.807, 2.05) is 10.8 Å². The SMILES string of the molecule is C[Si](C)(C)CCOCn1cnc(Cn2c(=O)nc(Cl)c3ccc(Cl)cc32)c1. The molecule has 27 heavy (non-hydrogen) atoms. The molecule has 0 atom stereocenters. The molecule has 0 saturated heterocycles. The minimum Gasteiger partial charge on any atom is -0.361 e. The van der Waals surface area contributed by atoms with E-state index >= 15 is 0 Å². The topological polar surface area (TPSA) is 61.9 Å². The van der Waals surface area contributed by atoms with Crippen LogP contribution in [0.5, 0.6) is 0 Å². The molecule has 0 aliphatic rings. The Morgan fingerprint density at radius 3 is 2.74 bits per heavy atom. The highest BCUT2D eigenvalue weighted by Gasteiger charge is 2.13. The first-order valence-corrected chi connectivity index (χ1v) is 13.1. The number of fused-ring (bicyclic) bond motifs is 1. The van der Waals surface area contributed by atoms with Crippen molar-refractivity contribution in [2.24, 2.45) is 0 Å². The quantitative estimate of drug-likeness (QED) is 0.322. The van der Waals surface area contributed by atoms with Crippen LogP contribution in [-0.2, 0) is 18.0 Å². The lowest BCUT2D eigenvalue weighted by molar-refractivity contribution is 0.0871. The second-order valence-corrected chi connectivity index (χ2v) is 14.1. The molecule has 0 saturated carbocycles. The van der Waals surface area contributed by atoms with Gasteiger partial charge in [0.15, 0.2) is 0 Å². The highest BCUT2D eigenvalue weighted by atomic mass is 35.5. The molecule has 0 bridgehead atoms. The summed E-state index contributed by atoms with van der Waals surface area (Å²) in [6.07, 6.45) is 3.57. The van der Waals surface area contributed by atoms with Gasteiger partial charge in [-0.05, 0) is 24.2 Å². The van der Waals surface area contributed by atoms with Crippen molar-refractivity contribution in [3.8, 4) is 0 Å². The molecule has 0 fully saturated rings. The van der Waals surface area contributed by atoms with Crippen molar-refractivity contribution < 1.29 is 4.74 Å². The lowest BCUT2D eigenvalue weighted by Gasteiger charge is -2.15. The summed E-state index contributed by atoms with van der Waals surface area (Å²) in [5.74, 6) is 0. The molecule has 0 radical (unpaired) electrons. The van der Waals surface area contributed by atoms with Crippen LogP contribution in [0.3, 0.4) is 0 Å². The molecule has 144 valence electrons. The first kappa shape index (κ1) is 20.1. The van der Waals surface area contributed by atoms with Crippen LogP contribution < -0.4 is 5.69 Å². The summed E-state index contributed by atoms with van der Waals surface area (Å²) in [7, 11) is -1.10. The fraction of sp³-hybridized carbons (Fsp3) is 0.389. The van der Waals surface area contributed by atoms with E-state index < -0.39 is 13.8 Å². The standard InChI is InChI=1S/C18H22Cl2N4O2Si/c1-27(2,3)7-6-26-12-23-9-14(21-11-23)10-24-16-8-13(19)4-5-15(16)17(20)22-18(24)25/h4-5,8-9,11H,6-7,10,12H2,1-3H3. The van der Waals surface area contributed by atoms with E-state index in [0.29, 0.717) is 22.7 Å². The van der Waals surface area contributed by atoms with Gasteiger partial charge in [0.2, 0.25) is 0 Å². The highest BCUT2D eigenvalue weighted by Crippen LogP contribution is 2.23. The fourth-order valence-corrected chi connectivity index (χ4v) is 3.79. The molecular weight excluding hydrogens is 403 g/mol. The lowest BCUT2D eigenvalue weighted by Crippen LogP contribution is -2.24. The van der Waals surface area contributed by atoms with E-state index in [1.54, 1.807) is 24.5 Å². The number of ether oxygens (including phenoxy) is 1. The summed E-state index contributed by atoms with van der Waals surface area (Å²) < 4.78 is 9.11. The smallest absolute Gasteiger partial charge is 0.349 e. The third-order valence-corrected chi connectivity index (χ3v) is 6.37. The molecule has 3 aromatic rings. The maximum atomic E-state index is 12.4. The average molecular weight is 425 g/mol. The second-order valence-electron chi connectivity index (χ2n) is 7.66. The first-order valence-electron chi connectivity index (χ1n) is 8.67. The Hall–Kier alpha value is -1.67. The van der Waals surface area contributed by atoms with Crippen molar-refractivity contribution in [2.45, 2.75) is 39.0 Å². The Morgan fingerprint density at radius 1 is 1.22 bits per heavy atom. The number of imidazole rings is 1. The highest BCUT2D eigenvalue weighted by molar-refractivity contribution is 6.76. The Bertz CT molecular complexity index is 1010. The summed E-state index contributed by atoms with van der Waals surface area (Å²) in [6, 6.07) is 6.31. The largest absolute Gasteiger partial charge is 0.361 e. The van der Waals surface area contributed by atoms with Gasteiger partial charge in [-0.1, -0.05) is 42.8 Å². The molecule has 2 aromatic heterocycles. The van der Waals surface area contributed by atoms with Crippen LogP contribution >= 0.6 is 23.2 Å². The molecule has 6 nitrogen and oxygen atoms in total. The molecule has 1 aromatic carbocycles. The van der Waals surface area contributed by atoms with E-state index in [2.05, 4.69) is 29.6 Å². The maximum Gasteiger partial charge on any atom is 0.349 e. The fourth-order valence-electron chi connectivity index (χ4n) is 2.63. The van der Waals surface area contributed by atoms with Crippen molar-refractivity contribution in [1.82, 2.24) is 19.1 Å². The first-order chi connectivity index (χ1) is 12.7. The van der Waals surface area contributed by atoms with Gasteiger partial charge in [0.25, 0.3) is 0 Å². The van der Waals surface area contributed by atoms with Crippen molar-refractivity contribution in [1.29, 1.82) is 0 Å². The number of benzene rings is 1. The van der Waals surface area contributed by atoms with Gasteiger partial charge >= 0.3 is 5.69 Å². The number of hydrogen-bond donors (Lipinski definition) is 0. The van der Waals surface area contributed by atoms with Crippen molar-refractivity contribution in [3.05, 3.63) is 57.1 Å². The summed E-state index contributed by atoms with van der Waals surface area (Å²) in [4.78, 5) is 20.6. The Kier molecular flexibility index (Phi) is 6.05. The van der Waals surface area contributed by atoms with Crippen LogP contribution in [0.1, 0.15) is 5.69 Å². The minimum atomic E-state index is -1.10. The molecule has 3 rings (SSSR count). The zero-order chi connectivity index (χ0) is 19.6. The maximum absolute atomic E-state index is 12.4. The Balaban J connectivity index is 1.76. The molecule has 0 aliphatic carbocycles. The predicted molar refractivity (Wildman–Crippen MR) is 111 cm³/mol. The van der Waals surface area contributed by atoms with Gasteiger partial charge in [-0.15, -0.1) is 0 Å². The van der Waals surface area contributed by atoms with Gasteiger partial charge in [0.05, 0.1) is 24.1 Å². The van der Waals surface area contributed by atoms with Gasteiger partial charge in [-0.25, -0.2) is 9.78 Å². The van der Waals surface area contributed by atoms with E-state index in [1.165, 1.54) is 4.57 Å². The second kappa shape index (κ2) is 8.14. The average Bonchev–Trinajstić information content (AvgIpc) is 3.02. The summed E-state index contributed by atoms with van der Waals surface area (Å²) in [6.45, 7) is 8.42. The summed E-state index contributed by atoms with van der Waals surface area (Å²) in [5.41, 5.74) is 0.931. The summed E-state index contributed by atoms with van der Waals surface area (Å²) in [5, 5.41) is 1.37. The number of nitrogens with zero attached hydrogens (tertiary/aromatic N) is 4. The predicted octanol–water partition coefficient (Wildman–Crippen LogP) is 4.26. The minimum absolute atomic E-state index is 0.171. The van der Waals surface area contributed by atoms with Crippen molar-refractivity contribution in [2.75, 3.05) is 6.61 Å². The molecule has 0 amide bonds.